The average Bonchev–Trinajstić information content (AvgIpc) is 1.59. The number of nitrogen functional groups attached to an aromatic ring is 1. The Kier molecular flexibility index (Phi) is 32.7. The number of nitrogens with two attached hydrogens (primary N) is 1. The lowest BCUT2D eigenvalue weighted by Gasteiger charge is -2.30. The zero-order chi connectivity index (χ0) is 79.7. The third kappa shape index (κ3) is 26.7. The number of anilines is 2. The number of hydrogen-bond donors (Lipinski definition) is 10. The monoisotopic (exact) mass is 1620 g/mol. The highest BCUT2D eigenvalue weighted by Crippen LogP contribution is 2.66. The number of benzene rings is 3. The molecule has 4 heterocycles. The van der Waals surface area contributed by atoms with Crippen LogP contribution in [0.15, 0.2) is 115 Å². The number of fused-ring (bicyclic) bond motifs is 2. The van der Waals surface area contributed by atoms with Gasteiger partial charge < -0.3 is 74.3 Å². The minimum Gasteiger partial charge on any atom is -0.491 e. The summed E-state index contributed by atoms with van der Waals surface area (Å²) in [5, 5.41) is 28.5. The van der Waals surface area contributed by atoms with Crippen molar-refractivity contribution in [3.8, 4) is 28.9 Å². The number of azide groups is 2. The van der Waals surface area contributed by atoms with E-state index in [9.17, 15) is 61.2 Å². The SMILES string of the molecule is CC[N+](CC)=c1ccc2c(C(C)(C)C)cc(C=CC=C3N(CCCSOOO)c4ccc(S(=O)(=O)O)cc4C3(C)CCCC(=O)NCCNC(=O)c3cccc(OCC(N=[N+]=[N-])OCCOCC(=O)NCC#Cc4cn([C@H]5C[C@@H](OCN=[N+]=[N-])[C@@H](COP(=O)(O)OP(=O)(O)OP(=O)(O)O)O5)c(=O)nc4N)c3)oc-2c1. The Hall–Kier alpha value is -8.39. The molecular formula is C64H84N14O26P3S2+. The van der Waals surface area contributed by atoms with Crippen LogP contribution in [0.4, 0.5) is 11.5 Å². The van der Waals surface area contributed by atoms with E-state index in [0.717, 1.165) is 63.8 Å². The minimum atomic E-state index is -5.86. The summed E-state index contributed by atoms with van der Waals surface area (Å²) in [5.41, 5.74) is 26.0. The van der Waals surface area contributed by atoms with Gasteiger partial charge in [-0.05, 0) is 128 Å². The third-order valence-electron chi connectivity index (χ3n) is 16.5. The van der Waals surface area contributed by atoms with E-state index in [1.165, 1.54) is 24.3 Å². The van der Waals surface area contributed by atoms with E-state index >= 15 is 0 Å². The lowest BCUT2D eigenvalue weighted by molar-refractivity contribution is -0.432. The summed E-state index contributed by atoms with van der Waals surface area (Å²) in [6.07, 6.45) is 2.76. The number of carbonyl (C=O) groups is 3. The van der Waals surface area contributed by atoms with E-state index in [4.69, 9.17) is 54.4 Å². The molecule has 0 saturated carbocycles. The van der Waals surface area contributed by atoms with E-state index in [1.807, 2.05) is 31.2 Å². The molecule has 3 aromatic rings. The number of hydrogen-bond acceptors (Lipinski definition) is 27. The second kappa shape index (κ2) is 40.5. The maximum absolute atomic E-state index is 13.5. The normalized spacial score (nSPS) is 18.2. The van der Waals surface area contributed by atoms with Crippen LogP contribution in [-0.2, 0) is 85.7 Å². The van der Waals surface area contributed by atoms with Gasteiger partial charge in [-0.15, -0.1) is 4.33 Å². The summed E-state index contributed by atoms with van der Waals surface area (Å²) in [7, 11) is -21.8. The first-order chi connectivity index (χ1) is 51.6. The smallest absolute Gasteiger partial charge is 0.490 e. The van der Waals surface area contributed by atoms with Crippen LogP contribution < -0.4 is 46.9 Å². The van der Waals surface area contributed by atoms with Gasteiger partial charge in [0.05, 0.1) is 49.0 Å². The second-order valence-electron chi connectivity index (χ2n) is 25.0. The Morgan fingerprint density at radius 1 is 0.972 bits per heavy atom. The first kappa shape index (κ1) is 87.8. The van der Waals surface area contributed by atoms with Crippen LogP contribution in [0.25, 0.3) is 38.3 Å². The molecular weight excluding hydrogens is 1540 g/mol. The van der Waals surface area contributed by atoms with Crippen LogP contribution in [0.5, 0.6) is 5.75 Å². The van der Waals surface area contributed by atoms with Crippen molar-refractivity contribution in [3.05, 3.63) is 156 Å². The van der Waals surface area contributed by atoms with Gasteiger partial charge in [0, 0.05) is 100 Å². The standard InChI is InChI=1S/C64H83N14O26P3S2/c1-7-76(8-2)44-20-22-48-49(63(3,4)5)34-46(99-52(48)33-44)17-10-18-55-64(6,50-35-47(109(91,92)93)21-23-51(50)77(55)28-13-31-108-102-101-83)24-11-19-56(79)69-26-27-70-61(81)42-14-9-16-45(32-42)96-40-58(73-75-67)95-30-29-94-39-57(80)68-25-12-15-43-37-78(62(82)72-60(43)65)59-36-53(97-41-71-74-66)54(100-59)38-98-106(87,88)104-107(89,90)103-105(84,85)86/h9-10,14,16-18,20-23,32-35,37,53-54,58-59H,7-8,11,13,19,24-31,36,38-41H2,1-6H3,(H10-,65,68,69,70,72,79,80,81,82,83,84,85,86,87,88,89,90,91,92,93)/p+1/t53-,54-,58?,59-,64?/m1/s1. The van der Waals surface area contributed by atoms with Gasteiger partial charge in [0.1, 0.15) is 68.5 Å². The zero-order valence-electron chi connectivity index (χ0n) is 59.8. The number of nitrogens with zero attached hydrogens (tertiary/aromatic N) is 10. The van der Waals surface area contributed by atoms with Crippen molar-refractivity contribution in [1.82, 2.24) is 30.1 Å². The number of allylic oxidation sites excluding steroid dienone is 3. The van der Waals surface area contributed by atoms with Crippen LogP contribution in [0.3, 0.4) is 0 Å². The molecule has 3 amide bonds. The van der Waals surface area contributed by atoms with Crippen molar-refractivity contribution in [2.24, 2.45) is 10.2 Å². The number of aromatic nitrogens is 2. The van der Waals surface area contributed by atoms with Gasteiger partial charge in [0.15, 0.2) is 6.23 Å². The summed E-state index contributed by atoms with van der Waals surface area (Å²) < 4.78 is 125. The summed E-state index contributed by atoms with van der Waals surface area (Å²) >= 11 is 0.895. The molecule has 0 spiro atoms. The van der Waals surface area contributed by atoms with Crippen LogP contribution in [-0.4, -0.2) is 168 Å². The molecule has 45 heteroatoms. The zero-order valence-corrected chi connectivity index (χ0v) is 64.1. The van der Waals surface area contributed by atoms with E-state index in [2.05, 4.69) is 138 Å². The molecule has 0 radical (unpaired) electrons. The van der Waals surface area contributed by atoms with Crippen LogP contribution in [0.1, 0.15) is 113 Å². The molecule has 7 atom stereocenters. The van der Waals surface area contributed by atoms with Gasteiger partial charge in [-0.25, -0.2) is 28.3 Å². The molecule has 1 saturated heterocycles. The molecule has 4 unspecified atom stereocenters. The number of ether oxygens (including phenoxy) is 5. The Morgan fingerprint density at radius 3 is 2.44 bits per heavy atom. The summed E-state index contributed by atoms with van der Waals surface area (Å²) in [4.78, 5) is 100. The highest BCUT2D eigenvalue weighted by Gasteiger charge is 2.46. The molecule has 592 valence electrons. The second-order valence-corrected chi connectivity index (χ2v) is 31.7. The van der Waals surface area contributed by atoms with E-state index in [-0.39, 0.29) is 91.2 Å². The van der Waals surface area contributed by atoms with Crippen molar-refractivity contribution in [2.45, 2.75) is 114 Å². The lowest BCUT2D eigenvalue weighted by atomic mass is 9.77. The van der Waals surface area contributed by atoms with Crippen molar-refractivity contribution in [3.63, 3.8) is 0 Å². The number of nitrogens with one attached hydrogen (secondary N) is 3. The molecule has 1 aromatic heterocycles. The maximum Gasteiger partial charge on any atom is 0.490 e. The fraction of sp³-hybridized carbons (Fsp3) is 0.469. The van der Waals surface area contributed by atoms with Crippen molar-refractivity contribution < 1.29 is 116 Å². The maximum atomic E-state index is 13.5. The molecule has 1 aliphatic carbocycles. The molecule has 40 nitrogen and oxygen atoms in total. The molecule has 4 aliphatic rings. The predicted octanol–water partition coefficient (Wildman–Crippen LogP) is 7.23. The predicted molar refractivity (Wildman–Crippen MR) is 391 cm³/mol. The quantitative estimate of drug-likeness (QED) is 0.00158. The Balaban J connectivity index is 0.873. The van der Waals surface area contributed by atoms with Gasteiger partial charge in [-0.2, -0.15) is 22.0 Å². The minimum absolute atomic E-state index is 0.0375. The summed E-state index contributed by atoms with van der Waals surface area (Å²) in [6.45, 7) is 11.7. The van der Waals surface area contributed by atoms with E-state index in [1.54, 1.807) is 18.2 Å². The number of phosphoric acid groups is 3. The first-order valence-electron chi connectivity index (χ1n) is 33.4. The Labute approximate surface area is 628 Å². The number of amides is 3. The molecule has 7 rings (SSSR count). The van der Waals surface area contributed by atoms with Gasteiger partial charge in [-0.1, -0.05) is 60.0 Å². The number of carbonyl (C=O) groups excluding carboxylic acids is 3. The van der Waals surface area contributed by atoms with Crippen LogP contribution in [0, 0.1) is 11.8 Å². The van der Waals surface area contributed by atoms with Gasteiger partial charge >= 0.3 is 29.2 Å². The molecule has 2 aromatic carbocycles. The number of rotatable bonds is 41. The number of phosphoric ester groups is 1. The van der Waals surface area contributed by atoms with Crippen LogP contribution >= 0.6 is 35.5 Å². The third-order valence-corrected chi connectivity index (χ3v) is 21.7. The molecule has 1 fully saturated rings. The van der Waals surface area contributed by atoms with Crippen molar-refractivity contribution in [2.75, 3.05) is 95.4 Å². The largest absolute Gasteiger partial charge is 0.491 e. The summed E-state index contributed by atoms with van der Waals surface area (Å²) in [6, 6.07) is 18.8. The average molecular weight is 1620 g/mol. The van der Waals surface area contributed by atoms with Crippen LogP contribution in [0.2, 0.25) is 0 Å². The van der Waals surface area contributed by atoms with Gasteiger partial charge in [0.2, 0.25) is 17.2 Å². The van der Waals surface area contributed by atoms with Crippen molar-refractivity contribution in [1.29, 1.82) is 0 Å². The highest BCUT2D eigenvalue weighted by atomic mass is 32.2. The summed E-state index contributed by atoms with van der Waals surface area (Å²) in [5.74, 6) is 5.43. The fourth-order valence-corrected chi connectivity index (χ4v) is 15.4. The van der Waals surface area contributed by atoms with E-state index in [0.29, 0.717) is 48.6 Å². The Bertz CT molecular complexity index is 4660. The molecule has 109 heavy (non-hydrogen) atoms. The van der Waals surface area contributed by atoms with Gasteiger partial charge in [-0.3, -0.25) is 28.0 Å². The lowest BCUT2D eigenvalue weighted by Crippen LogP contribution is -2.35. The van der Waals surface area contributed by atoms with Crippen molar-refractivity contribution >= 4 is 80.9 Å². The highest BCUT2D eigenvalue weighted by molar-refractivity contribution is 7.94. The van der Waals surface area contributed by atoms with E-state index < -0.39 is 101 Å². The molecule has 11 N–H and O–H groups in total. The first-order valence-corrected chi connectivity index (χ1v) is 40.2. The molecule has 0 bridgehead atoms. The fourth-order valence-electron chi connectivity index (χ4n) is 11.5. The molecule has 3 aliphatic heterocycles. The Morgan fingerprint density at radius 2 is 1.73 bits per heavy atom. The topological polar surface area (TPSA) is 564 Å². The van der Waals surface area contributed by atoms with Gasteiger partial charge in [0.25, 0.3) is 16.0 Å².